The highest BCUT2D eigenvalue weighted by molar-refractivity contribution is 7.15. The maximum atomic E-state index is 12.2. The van der Waals surface area contributed by atoms with E-state index in [0.717, 1.165) is 11.1 Å². The van der Waals surface area contributed by atoms with Crippen molar-refractivity contribution >= 4 is 23.0 Å². The van der Waals surface area contributed by atoms with Crippen LogP contribution in [0, 0.1) is 6.92 Å². The van der Waals surface area contributed by atoms with E-state index in [1.165, 1.54) is 18.3 Å². The third kappa shape index (κ3) is 3.14. The van der Waals surface area contributed by atoms with Crippen molar-refractivity contribution in [1.82, 2.24) is 5.32 Å². The van der Waals surface area contributed by atoms with E-state index < -0.39 is 0 Å². The fourth-order valence-electron chi connectivity index (χ4n) is 2.07. The Balaban J connectivity index is 2.11. The molecule has 2 rings (SSSR count). The summed E-state index contributed by atoms with van der Waals surface area (Å²) in [5, 5.41) is 2.97. The molecule has 0 saturated heterocycles. The normalized spacial score (nSPS) is 11.9. The fraction of sp³-hybridized carbons (Fsp3) is 0.250. The van der Waals surface area contributed by atoms with E-state index in [0.29, 0.717) is 9.75 Å². The van der Waals surface area contributed by atoms with E-state index in [4.69, 9.17) is 0 Å². The van der Waals surface area contributed by atoms with E-state index >= 15 is 0 Å². The smallest absolute Gasteiger partial charge is 0.261 e. The fourth-order valence-corrected chi connectivity index (χ4v) is 2.87. The van der Waals surface area contributed by atoms with Crippen LogP contribution in [0.1, 0.15) is 50.4 Å². The summed E-state index contributed by atoms with van der Waals surface area (Å²) in [6, 6.07) is 11.3. The molecular formula is C16H17NO2S. The van der Waals surface area contributed by atoms with Crippen molar-refractivity contribution in [2.45, 2.75) is 26.8 Å². The molecule has 4 heteroatoms. The van der Waals surface area contributed by atoms with Gasteiger partial charge in [0.2, 0.25) is 0 Å². The predicted molar refractivity (Wildman–Crippen MR) is 81.4 cm³/mol. The molecule has 0 aliphatic heterocycles. The first-order valence-electron chi connectivity index (χ1n) is 6.46. The second-order valence-electron chi connectivity index (χ2n) is 4.77. The minimum absolute atomic E-state index is 0.0130. The zero-order valence-corrected chi connectivity index (χ0v) is 12.6. The number of aryl methyl sites for hydroxylation is 1. The molecule has 1 aromatic heterocycles. The molecule has 2 aromatic rings. The number of carbonyl (C=O) groups is 2. The number of Topliss-reactive ketones (excluding diaryl/α,β-unsaturated/α-hetero) is 1. The van der Waals surface area contributed by atoms with Gasteiger partial charge in [-0.05, 0) is 44.0 Å². The van der Waals surface area contributed by atoms with E-state index in [1.54, 1.807) is 12.1 Å². The number of amides is 1. The largest absolute Gasteiger partial charge is 0.345 e. The van der Waals surface area contributed by atoms with Crippen molar-refractivity contribution in [1.29, 1.82) is 0 Å². The molecular weight excluding hydrogens is 270 g/mol. The van der Waals surface area contributed by atoms with Crippen molar-refractivity contribution in [2.75, 3.05) is 0 Å². The average molecular weight is 287 g/mol. The van der Waals surface area contributed by atoms with Crippen molar-refractivity contribution in [3.8, 4) is 0 Å². The van der Waals surface area contributed by atoms with E-state index in [9.17, 15) is 9.59 Å². The van der Waals surface area contributed by atoms with Crippen LogP contribution in [0.15, 0.2) is 36.4 Å². The van der Waals surface area contributed by atoms with Crippen LogP contribution in [0.4, 0.5) is 0 Å². The number of hydrogen-bond donors (Lipinski definition) is 1. The Morgan fingerprint density at radius 3 is 2.35 bits per heavy atom. The van der Waals surface area contributed by atoms with Gasteiger partial charge in [0.25, 0.3) is 5.91 Å². The Hall–Kier alpha value is -1.94. The third-order valence-corrected chi connectivity index (χ3v) is 4.36. The average Bonchev–Trinajstić information content (AvgIpc) is 2.88. The zero-order valence-electron chi connectivity index (χ0n) is 11.8. The summed E-state index contributed by atoms with van der Waals surface area (Å²) in [5.74, 6) is -0.153. The van der Waals surface area contributed by atoms with Gasteiger partial charge in [-0.1, -0.05) is 24.3 Å². The van der Waals surface area contributed by atoms with Crippen LogP contribution in [-0.2, 0) is 0 Å². The molecule has 1 atom stereocenters. The summed E-state index contributed by atoms with van der Waals surface area (Å²) in [6.07, 6.45) is 0. The second kappa shape index (κ2) is 6.01. The van der Waals surface area contributed by atoms with E-state index in [1.807, 2.05) is 38.1 Å². The predicted octanol–water partition coefficient (Wildman–Crippen LogP) is 3.75. The summed E-state index contributed by atoms with van der Waals surface area (Å²) < 4.78 is 0. The maximum Gasteiger partial charge on any atom is 0.261 e. The minimum atomic E-state index is -0.141. The molecule has 1 aromatic carbocycles. The van der Waals surface area contributed by atoms with Gasteiger partial charge in [0.15, 0.2) is 5.78 Å². The molecule has 1 amide bonds. The number of rotatable bonds is 4. The van der Waals surface area contributed by atoms with Crippen LogP contribution in [-0.4, -0.2) is 11.7 Å². The Labute approximate surface area is 122 Å². The Bertz CT molecular complexity index is 645. The Morgan fingerprint density at radius 2 is 1.75 bits per heavy atom. The van der Waals surface area contributed by atoms with Crippen molar-refractivity contribution in [2.24, 2.45) is 0 Å². The van der Waals surface area contributed by atoms with Gasteiger partial charge in [0.05, 0.1) is 15.8 Å². The first-order valence-corrected chi connectivity index (χ1v) is 7.28. The Kier molecular flexibility index (Phi) is 4.35. The first kappa shape index (κ1) is 14.5. The molecule has 0 saturated carbocycles. The molecule has 0 aliphatic carbocycles. The van der Waals surface area contributed by atoms with Crippen LogP contribution in [0.2, 0.25) is 0 Å². The molecule has 1 N–H and O–H groups in total. The van der Waals surface area contributed by atoms with E-state index in [2.05, 4.69) is 5.32 Å². The van der Waals surface area contributed by atoms with Crippen LogP contribution in [0.3, 0.4) is 0 Å². The number of thiophene rings is 1. The molecule has 0 bridgehead atoms. The van der Waals surface area contributed by atoms with Crippen LogP contribution in [0.25, 0.3) is 0 Å². The molecule has 1 unspecified atom stereocenters. The number of nitrogens with one attached hydrogen (secondary N) is 1. The first-order chi connectivity index (χ1) is 9.49. The van der Waals surface area contributed by atoms with Gasteiger partial charge in [0.1, 0.15) is 0 Å². The van der Waals surface area contributed by atoms with Gasteiger partial charge >= 0.3 is 0 Å². The highest BCUT2D eigenvalue weighted by atomic mass is 32.1. The quantitative estimate of drug-likeness (QED) is 0.870. The molecule has 0 fully saturated rings. The molecule has 1 heterocycles. The van der Waals surface area contributed by atoms with Gasteiger partial charge < -0.3 is 5.32 Å². The number of ketones is 1. The van der Waals surface area contributed by atoms with Crippen molar-refractivity contribution in [3.63, 3.8) is 0 Å². The molecule has 3 nitrogen and oxygen atoms in total. The number of benzene rings is 1. The molecule has 104 valence electrons. The molecule has 20 heavy (non-hydrogen) atoms. The maximum absolute atomic E-state index is 12.2. The van der Waals surface area contributed by atoms with E-state index in [-0.39, 0.29) is 17.7 Å². The topological polar surface area (TPSA) is 46.2 Å². The summed E-state index contributed by atoms with van der Waals surface area (Å²) >= 11 is 1.23. The second-order valence-corrected chi connectivity index (χ2v) is 5.86. The van der Waals surface area contributed by atoms with Crippen LogP contribution in [0.5, 0.6) is 0 Å². The molecule has 0 radical (unpaired) electrons. The molecule has 0 aliphatic rings. The lowest BCUT2D eigenvalue weighted by Gasteiger charge is -2.15. The van der Waals surface area contributed by atoms with Crippen molar-refractivity contribution in [3.05, 3.63) is 57.3 Å². The van der Waals surface area contributed by atoms with Gasteiger partial charge in [-0.3, -0.25) is 9.59 Å². The van der Waals surface area contributed by atoms with Crippen LogP contribution >= 0.6 is 11.3 Å². The number of hydrogen-bond acceptors (Lipinski definition) is 3. The lowest BCUT2D eigenvalue weighted by Crippen LogP contribution is -2.26. The lowest BCUT2D eigenvalue weighted by molar-refractivity contribution is 0.0943. The summed E-state index contributed by atoms with van der Waals surface area (Å²) in [5.41, 5.74) is 2.25. The lowest BCUT2D eigenvalue weighted by atomic mass is 10.0. The third-order valence-electron chi connectivity index (χ3n) is 3.18. The van der Waals surface area contributed by atoms with Gasteiger partial charge in [-0.25, -0.2) is 0 Å². The highest BCUT2D eigenvalue weighted by Crippen LogP contribution is 2.20. The van der Waals surface area contributed by atoms with Gasteiger partial charge in [-0.15, -0.1) is 11.3 Å². The summed E-state index contributed by atoms with van der Waals surface area (Å²) in [4.78, 5) is 24.6. The summed E-state index contributed by atoms with van der Waals surface area (Å²) in [7, 11) is 0. The summed E-state index contributed by atoms with van der Waals surface area (Å²) in [6.45, 7) is 5.49. The number of carbonyl (C=O) groups excluding carboxylic acids is 2. The van der Waals surface area contributed by atoms with Crippen LogP contribution < -0.4 is 5.32 Å². The monoisotopic (exact) mass is 287 g/mol. The SMILES string of the molecule is CC(=O)c1ccc(C(=O)NC(C)c2ccccc2C)s1. The molecule has 0 spiro atoms. The Morgan fingerprint density at radius 1 is 1.10 bits per heavy atom. The van der Waals surface area contributed by atoms with Gasteiger partial charge in [-0.2, -0.15) is 0 Å². The van der Waals surface area contributed by atoms with Crippen molar-refractivity contribution < 1.29 is 9.59 Å². The minimum Gasteiger partial charge on any atom is -0.345 e. The zero-order chi connectivity index (χ0) is 14.7. The highest BCUT2D eigenvalue weighted by Gasteiger charge is 2.15. The standard InChI is InChI=1S/C16H17NO2S/c1-10-6-4-5-7-13(10)11(2)17-16(19)15-9-8-14(20-15)12(3)18/h4-9,11H,1-3H3,(H,17,19). The van der Waals surface area contributed by atoms with Gasteiger partial charge in [0, 0.05) is 0 Å².